The third kappa shape index (κ3) is 20.4. The lowest BCUT2D eigenvalue weighted by atomic mass is 9.86. The standard InChI is InChI=1S/C81H99ClN12O26/c1-9-10-20-114-53-18-14-42(113-21-19-85-7)30-46(53)88-80(112)89-57(98)31-48-73(105)90-61-40-26-54(116-51-16-12-38(23-35(51)4)65(99)63(76(108)87-48)93-72(104)47(86-8)22-34(2)3)69(120-79-70(68(102)67(101)56(33-83)118-79)119-58-32-81(6,84)71(103)36(5)115-58)55(27-40)117-52-17-13-39(25-45(52)82)66(100)64-77(109)92-62(78(110)111)44-28-41(95)29-50(97)59(44)43-24-37(11-15-49(43)96)60(74(106)94-64)91-75(61)107/h11-18,23-30,34,36,47-48,56,58,60-68,70-71,79,85-86,95-97,99-103H,9-10,19-22,31-33,83-84H2,1-8H3,(H,87,108)(H,90,105)(H,91,107)(H,92,109)(H,93,104)(H,94,106)(H,110,111)(H2,88,89,98,112)/t36-,47+,48-,56+,58-,60+,61+,62-,63+,64-,65+,66+,67+,68-,70+,71+,79-,81-/m0/s1. The van der Waals surface area contributed by atoms with Crippen LogP contribution in [0.2, 0.25) is 5.02 Å². The Kier molecular flexibility index (Phi) is 28.7. The number of aryl methyl sites for hydroxylation is 1. The summed E-state index contributed by atoms with van der Waals surface area (Å²) in [7, 11) is 3.19. The van der Waals surface area contributed by atoms with Gasteiger partial charge in [0.2, 0.25) is 53.4 Å². The summed E-state index contributed by atoms with van der Waals surface area (Å²) in [5.41, 5.74) is 8.72. The number of aliphatic carboxylic acids is 1. The van der Waals surface area contributed by atoms with E-state index in [2.05, 4.69) is 53.2 Å². The second kappa shape index (κ2) is 38.4. The van der Waals surface area contributed by atoms with E-state index in [4.69, 9.17) is 61.0 Å². The van der Waals surface area contributed by atoms with E-state index in [-0.39, 0.29) is 82.9 Å². The molecule has 23 N–H and O–H groups in total. The van der Waals surface area contributed by atoms with Gasteiger partial charge in [-0.25, -0.2) is 9.59 Å². The first-order valence-corrected chi connectivity index (χ1v) is 39.1. The van der Waals surface area contributed by atoms with E-state index in [0.29, 0.717) is 13.0 Å². The second-order valence-corrected chi connectivity index (χ2v) is 30.9. The van der Waals surface area contributed by atoms with Crippen LogP contribution in [0.3, 0.4) is 0 Å². The Morgan fingerprint density at radius 1 is 0.717 bits per heavy atom. The molecule has 7 aliphatic rings. The highest BCUT2D eigenvalue weighted by Gasteiger charge is 2.52. The van der Waals surface area contributed by atoms with Gasteiger partial charge in [-0.3, -0.25) is 38.9 Å². The van der Waals surface area contributed by atoms with Gasteiger partial charge in [0, 0.05) is 53.9 Å². The Morgan fingerprint density at radius 3 is 2.05 bits per heavy atom. The highest BCUT2D eigenvalue weighted by molar-refractivity contribution is 6.32. The Morgan fingerprint density at radius 2 is 1.39 bits per heavy atom. The first-order chi connectivity index (χ1) is 57.0. The number of hydrogen-bond acceptors (Lipinski definition) is 29. The number of nitrogens with two attached hydrogens (primary N) is 2. The fraction of sp³-hybridized carbons (Fsp3) is 0.444. The minimum Gasteiger partial charge on any atom is -0.508 e. The number of carboxylic acid groups (broad SMARTS) is 1. The number of aliphatic hydroxyl groups excluding tert-OH is 5. The number of phenols is 3. The molecule has 13 rings (SSSR count). The molecule has 6 aromatic carbocycles. The number of benzene rings is 6. The first kappa shape index (κ1) is 89.5. The van der Waals surface area contributed by atoms with Crippen LogP contribution < -0.4 is 88.3 Å². The predicted octanol–water partition coefficient (Wildman–Crippen LogP) is 2.37. The summed E-state index contributed by atoms with van der Waals surface area (Å²) < 4.78 is 51.2. The van der Waals surface area contributed by atoms with Crippen LogP contribution in [0.5, 0.6) is 57.5 Å². The van der Waals surface area contributed by atoms with Gasteiger partial charge < -0.3 is 143 Å². The van der Waals surface area contributed by atoms with Crippen molar-refractivity contribution in [2.75, 3.05) is 45.7 Å². The molecule has 9 amide bonds. The summed E-state index contributed by atoms with van der Waals surface area (Å²) in [5.74, 6) is -15.5. The van der Waals surface area contributed by atoms with E-state index < -0.39 is 237 Å². The number of phenolic OH excluding ortho intramolecular Hbond substituents is 3. The zero-order valence-electron chi connectivity index (χ0n) is 66.5. The molecule has 39 heteroatoms. The maximum absolute atomic E-state index is 16.5. The van der Waals surface area contributed by atoms with Crippen molar-refractivity contribution < 1.29 is 127 Å². The summed E-state index contributed by atoms with van der Waals surface area (Å²) in [6, 6.07) is 2.78. The van der Waals surface area contributed by atoms with E-state index in [9.17, 15) is 65.1 Å². The molecular formula is C81H99ClN12O26. The molecule has 7 heterocycles. The average Bonchev–Trinajstić information content (AvgIpc) is 0.770. The largest absolute Gasteiger partial charge is 0.508 e. The number of ether oxygens (including phenoxy) is 8. The molecule has 7 aliphatic heterocycles. The van der Waals surface area contributed by atoms with Crippen molar-refractivity contribution in [3.8, 4) is 68.6 Å². The molecule has 38 nitrogen and oxygen atoms in total. The number of nitrogens with one attached hydrogen (secondary N) is 10. The molecule has 0 spiro atoms. The minimum absolute atomic E-state index is 0.0138. The number of urea groups is 1. The minimum atomic E-state index is -2.42. The number of carboxylic acids is 1. The summed E-state index contributed by atoms with van der Waals surface area (Å²) in [6.07, 6.45) is -17.0. The SMILES string of the molecule is CCCCOc1ccc(OCCNC)cc1NC(=O)NC(=O)C[C@@H]1NC(=O)[C@H](NC(=O)[C@@H](CC(C)C)NC)[C@H](O)c2ccc(c(C)c2)Oc2cc3cc(c2O[C@@H]2O[C@H](CN)[C@@H](O)[C@H](O)[C@H]2O[C@H]2C[C@](C)(N)[C@H](O)[C@H](C)O2)Oc2ccc(cc2Cl)[C@@H](O)[C@@H]2NC(=O)[C@H](NC(=O)[C@@H]3NC1=O)c1ccc(O)c(c1)-c1c(O)cc(O)cc1[C@@H](C(=O)O)NC2=O. The summed E-state index contributed by atoms with van der Waals surface area (Å²) in [6.45, 7) is 10.4. The van der Waals surface area contributed by atoms with Crippen LogP contribution in [-0.2, 0) is 52.6 Å². The van der Waals surface area contributed by atoms with Crippen molar-refractivity contribution >= 4 is 70.6 Å². The number of aliphatic hydroxyl groups is 5. The van der Waals surface area contributed by atoms with Gasteiger partial charge in [0.15, 0.2) is 29.9 Å². The van der Waals surface area contributed by atoms with Crippen molar-refractivity contribution in [1.82, 2.24) is 47.9 Å². The van der Waals surface area contributed by atoms with E-state index in [1.165, 1.54) is 58.2 Å². The van der Waals surface area contributed by atoms with Gasteiger partial charge in [-0.05, 0) is 148 Å². The molecule has 0 radical (unpaired) electrons. The number of anilines is 1. The lowest BCUT2D eigenvalue weighted by Crippen LogP contribution is -2.65. The number of likely N-dealkylation sites (N-methyl/N-ethyl adjacent to an activating group) is 2. The van der Waals surface area contributed by atoms with Crippen LogP contribution >= 0.6 is 11.6 Å². The molecule has 0 aromatic heterocycles. The van der Waals surface area contributed by atoms with Crippen LogP contribution in [0.4, 0.5) is 10.5 Å². The molecule has 120 heavy (non-hydrogen) atoms. The van der Waals surface area contributed by atoms with Gasteiger partial charge in [0.05, 0.1) is 42.0 Å². The van der Waals surface area contributed by atoms with Crippen molar-refractivity contribution in [2.24, 2.45) is 17.4 Å². The van der Waals surface area contributed by atoms with Crippen LogP contribution in [0.25, 0.3) is 11.1 Å². The zero-order chi connectivity index (χ0) is 87.0. The van der Waals surface area contributed by atoms with Gasteiger partial charge >= 0.3 is 12.0 Å². The number of rotatable bonds is 22. The lowest BCUT2D eigenvalue weighted by molar-refractivity contribution is -0.330. The van der Waals surface area contributed by atoms with E-state index in [1.54, 1.807) is 13.1 Å². The van der Waals surface area contributed by atoms with Crippen LogP contribution in [0.15, 0.2) is 97.1 Å². The number of carbonyl (C=O) groups is 9. The van der Waals surface area contributed by atoms with Gasteiger partial charge in [-0.15, -0.1) is 0 Å². The van der Waals surface area contributed by atoms with Crippen molar-refractivity contribution in [3.63, 3.8) is 0 Å². The fourth-order valence-corrected chi connectivity index (χ4v) is 14.7. The fourth-order valence-electron chi connectivity index (χ4n) is 14.5. The van der Waals surface area contributed by atoms with Gasteiger partial charge in [0.1, 0.15) is 108 Å². The topological polar surface area (TPSA) is 582 Å². The molecule has 646 valence electrons. The highest BCUT2D eigenvalue weighted by Crippen LogP contribution is 2.50. The molecule has 0 saturated carbocycles. The summed E-state index contributed by atoms with van der Waals surface area (Å²) in [4.78, 5) is 136. The average molecular weight is 1690 g/mol. The molecule has 0 aliphatic carbocycles. The Balaban J connectivity index is 1.15. The van der Waals surface area contributed by atoms with Crippen LogP contribution in [0, 0.1) is 12.8 Å². The molecule has 2 fully saturated rings. The summed E-state index contributed by atoms with van der Waals surface area (Å²) >= 11 is 7.17. The lowest BCUT2D eigenvalue weighted by Gasteiger charge is -2.47. The number of amides is 9. The molecular weight excluding hydrogens is 1590 g/mol. The van der Waals surface area contributed by atoms with Gasteiger partial charge in [-0.2, -0.15) is 0 Å². The molecule has 18 atom stereocenters. The monoisotopic (exact) mass is 1690 g/mol. The van der Waals surface area contributed by atoms with Gasteiger partial charge in [0.25, 0.3) is 0 Å². The normalized spacial score (nSPS) is 26.5. The van der Waals surface area contributed by atoms with Gasteiger partial charge in [-0.1, -0.05) is 57.0 Å². The van der Waals surface area contributed by atoms with Crippen LogP contribution in [-0.4, -0.2) is 219 Å². The maximum atomic E-state index is 16.5. The highest BCUT2D eigenvalue weighted by atomic mass is 35.5. The van der Waals surface area contributed by atoms with Crippen molar-refractivity contribution in [3.05, 3.63) is 135 Å². The molecule has 6 aromatic rings. The third-order valence-electron chi connectivity index (χ3n) is 20.9. The predicted molar refractivity (Wildman–Crippen MR) is 425 cm³/mol. The molecule has 2 saturated heterocycles. The zero-order valence-corrected chi connectivity index (χ0v) is 67.2. The maximum Gasteiger partial charge on any atom is 0.330 e. The second-order valence-electron chi connectivity index (χ2n) is 30.5. The third-order valence-corrected chi connectivity index (χ3v) is 21.2. The van der Waals surface area contributed by atoms with E-state index in [0.717, 1.165) is 67.1 Å². The smallest absolute Gasteiger partial charge is 0.330 e. The quantitative estimate of drug-likeness (QED) is 0.0434. The number of hydrogen-bond donors (Lipinski definition) is 21. The van der Waals surface area contributed by atoms with Crippen LogP contribution in [0.1, 0.15) is 130 Å². The number of fused-ring (bicyclic) bond motifs is 15. The molecule has 11 bridgehead atoms. The number of carbonyl (C=O) groups excluding carboxylic acids is 8. The Hall–Kier alpha value is -11.2. The van der Waals surface area contributed by atoms with Crippen molar-refractivity contribution in [2.45, 2.75) is 183 Å². The number of halogens is 1. The molecule has 0 unspecified atom stereocenters. The Labute approximate surface area is 692 Å². The number of unbranched alkanes of at least 4 members (excludes halogenated alkanes) is 1. The number of imide groups is 1. The first-order valence-electron chi connectivity index (χ1n) is 38.7. The Bertz CT molecular complexity index is 4850. The van der Waals surface area contributed by atoms with E-state index in [1.807, 2.05) is 20.8 Å². The number of aromatic hydroxyl groups is 3. The van der Waals surface area contributed by atoms with Crippen molar-refractivity contribution in [1.29, 1.82) is 0 Å². The van der Waals surface area contributed by atoms with E-state index >= 15 is 24.0 Å². The summed E-state index contributed by atoms with van der Waals surface area (Å²) in [5, 5.41) is 130.